The van der Waals surface area contributed by atoms with E-state index in [-0.39, 0.29) is 0 Å². The molecule has 0 aliphatic heterocycles. The summed E-state index contributed by atoms with van der Waals surface area (Å²) in [6, 6.07) is -1.13. The fraction of sp³-hybridized carbons (Fsp3) is 0.800. The number of hydrogen-bond acceptors (Lipinski definition) is 2. The van der Waals surface area contributed by atoms with Crippen LogP contribution in [0.5, 0.6) is 0 Å². The molecule has 0 saturated heterocycles. The van der Waals surface area contributed by atoms with Gasteiger partial charge in [0.25, 0.3) is 0 Å². The standard InChI is InChI=1S/C5H3Cl6NO/c6-2(4(7)8)3(12-1-13)5(9,10)11/h2-4H. The third kappa shape index (κ3) is 4.94. The highest BCUT2D eigenvalue weighted by Gasteiger charge is 2.40. The lowest BCUT2D eigenvalue weighted by Gasteiger charge is -2.23. The van der Waals surface area contributed by atoms with E-state index in [1.54, 1.807) is 0 Å². The van der Waals surface area contributed by atoms with Gasteiger partial charge in [-0.25, -0.2) is 4.79 Å². The predicted octanol–water partition coefficient (Wildman–Crippen LogP) is 3.47. The van der Waals surface area contributed by atoms with Crippen LogP contribution in [0.25, 0.3) is 0 Å². The average Bonchev–Trinajstić information content (AvgIpc) is 1.96. The van der Waals surface area contributed by atoms with Crippen LogP contribution in [0.2, 0.25) is 0 Å². The Bertz CT molecular complexity index is 208. The van der Waals surface area contributed by atoms with Crippen molar-refractivity contribution < 1.29 is 4.79 Å². The minimum atomic E-state index is -1.84. The zero-order chi connectivity index (χ0) is 10.6. The molecule has 2 unspecified atom stereocenters. The number of rotatable bonds is 3. The van der Waals surface area contributed by atoms with Crippen LogP contribution in [0, 0.1) is 0 Å². The summed E-state index contributed by atoms with van der Waals surface area (Å²) in [6.45, 7) is 0. The third-order valence-corrected chi connectivity index (χ3v) is 3.03. The summed E-state index contributed by atoms with van der Waals surface area (Å²) < 4.78 is -1.84. The van der Waals surface area contributed by atoms with Gasteiger partial charge >= 0.3 is 0 Å². The van der Waals surface area contributed by atoms with Gasteiger partial charge in [0.15, 0.2) is 0 Å². The van der Waals surface area contributed by atoms with Gasteiger partial charge in [-0.15, -0.1) is 34.8 Å². The molecule has 0 aromatic rings. The van der Waals surface area contributed by atoms with Crippen molar-refractivity contribution in [3.63, 3.8) is 0 Å². The number of aliphatic imine (C=N–C) groups is 1. The first kappa shape index (κ1) is 14.1. The van der Waals surface area contributed by atoms with Crippen LogP contribution in [0.3, 0.4) is 0 Å². The zero-order valence-corrected chi connectivity index (χ0v) is 10.4. The molecule has 0 bridgehead atoms. The van der Waals surface area contributed by atoms with Gasteiger partial charge in [-0.2, -0.15) is 4.99 Å². The lowest BCUT2D eigenvalue weighted by molar-refractivity contribution is 0.554. The van der Waals surface area contributed by atoms with Crippen molar-refractivity contribution in [2.75, 3.05) is 0 Å². The Morgan fingerprint density at radius 1 is 1.15 bits per heavy atom. The molecule has 0 aliphatic carbocycles. The number of alkyl halides is 6. The van der Waals surface area contributed by atoms with E-state index in [9.17, 15) is 4.79 Å². The molecule has 0 aromatic carbocycles. The lowest BCUT2D eigenvalue weighted by Crippen LogP contribution is -2.36. The zero-order valence-electron chi connectivity index (χ0n) is 5.86. The van der Waals surface area contributed by atoms with Crippen LogP contribution in [-0.2, 0) is 4.79 Å². The van der Waals surface area contributed by atoms with E-state index in [1.165, 1.54) is 6.08 Å². The molecule has 2 nitrogen and oxygen atoms in total. The molecule has 0 aromatic heterocycles. The molecular weight excluding hydrogens is 303 g/mol. The second kappa shape index (κ2) is 5.87. The summed E-state index contributed by atoms with van der Waals surface area (Å²) >= 11 is 32.9. The summed E-state index contributed by atoms with van der Waals surface area (Å²) in [5.41, 5.74) is 0. The highest BCUT2D eigenvalue weighted by molar-refractivity contribution is 6.68. The van der Waals surface area contributed by atoms with Crippen molar-refractivity contribution in [2.24, 2.45) is 4.99 Å². The number of isocyanates is 1. The minimum absolute atomic E-state index is 0.975. The van der Waals surface area contributed by atoms with Gasteiger partial charge < -0.3 is 0 Å². The molecule has 2 atom stereocenters. The Balaban J connectivity index is 4.71. The fourth-order valence-electron chi connectivity index (χ4n) is 0.520. The molecule has 0 saturated carbocycles. The Morgan fingerprint density at radius 2 is 1.62 bits per heavy atom. The third-order valence-electron chi connectivity index (χ3n) is 1.07. The molecule has 0 rings (SSSR count). The van der Waals surface area contributed by atoms with Crippen LogP contribution in [0.15, 0.2) is 4.99 Å². The number of halogens is 6. The van der Waals surface area contributed by atoms with E-state index >= 15 is 0 Å². The van der Waals surface area contributed by atoms with E-state index in [2.05, 4.69) is 4.99 Å². The van der Waals surface area contributed by atoms with Crippen molar-refractivity contribution >= 4 is 75.7 Å². The monoisotopic (exact) mass is 303 g/mol. The van der Waals surface area contributed by atoms with Crippen LogP contribution < -0.4 is 0 Å². The SMILES string of the molecule is O=C=NC(C(Cl)C(Cl)Cl)C(Cl)(Cl)Cl. The topological polar surface area (TPSA) is 29.4 Å². The Morgan fingerprint density at radius 3 is 1.85 bits per heavy atom. The van der Waals surface area contributed by atoms with Gasteiger partial charge in [-0.05, 0) is 0 Å². The molecule has 0 amide bonds. The van der Waals surface area contributed by atoms with Gasteiger partial charge in [-0.1, -0.05) is 34.8 Å². The normalized spacial score (nSPS) is 16.5. The van der Waals surface area contributed by atoms with Crippen LogP contribution >= 0.6 is 69.6 Å². The van der Waals surface area contributed by atoms with Crippen molar-refractivity contribution in [2.45, 2.75) is 20.0 Å². The molecule has 13 heavy (non-hydrogen) atoms. The first-order valence-corrected chi connectivity index (χ1v) is 5.31. The fourth-order valence-corrected chi connectivity index (χ4v) is 1.79. The molecule has 8 heteroatoms. The molecular formula is C5H3Cl6NO. The highest BCUT2D eigenvalue weighted by Crippen LogP contribution is 2.38. The summed E-state index contributed by atoms with van der Waals surface area (Å²) in [6.07, 6.45) is 1.23. The van der Waals surface area contributed by atoms with Crippen molar-refractivity contribution in [3.05, 3.63) is 0 Å². The number of hydrogen-bond donors (Lipinski definition) is 0. The van der Waals surface area contributed by atoms with Crippen LogP contribution in [0.1, 0.15) is 0 Å². The van der Waals surface area contributed by atoms with Gasteiger partial charge in [0.2, 0.25) is 9.87 Å². The van der Waals surface area contributed by atoms with E-state index in [0.717, 1.165) is 0 Å². The second-order valence-electron chi connectivity index (χ2n) is 1.99. The lowest BCUT2D eigenvalue weighted by atomic mass is 10.2. The molecule has 0 heterocycles. The smallest absolute Gasteiger partial charge is 0.211 e. The maximum atomic E-state index is 9.98. The number of carbonyl (C=O) groups excluding carboxylic acids is 1. The minimum Gasteiger partial charge on any atom is -0.211 e. The molecule has 0 aliphatic rings. The molecule has 0 radical (unpaired) electrons. The first-order valence-electron chi connectivity index (χ1n) is 2.86. The van der Waals surface area contributed by atoms with E-state index in [1.807, 2.05) is 0 Å². The molecule has 0 spiro atoms. The summed E-state index contributed by atoms with van der Waals surface area (Å²) in [5, 5.41) is -0.975. The van der Waals surface area contributed by atoms with E-state index in [0.29, 0.717) is 0 Å². The quantitative estimate of drug-likeness (QED) is 0.446. The maximum absolute atomic E-state index is 9.98. The van der Waals surface area contributed by atoms with Gasteiger partial charge in [0.05, 0.1) is 5.38 Å². The summed E-state index contributed by atoms with van der Waals surface area (Å²) in [5.74, 6) is 0. The Kier molecular flexibility index (Phi) is 6.38. The highest BCUT2D eigenvalue weighted by atomic mass is 35.6. The summed E-state index contributed by atoms with van der Waals surface area (Å²) in [7, 11) is 0. The Hall–Kier alpha value is 1.12. The van der Waals surface area contributed by atoms with E-state index in [4.69, 9.17) is 69.6 Å². The van der Waals surface area contributed by atoms with Gasteiger partial charge in [0, 0.05) is 0 Å². The van der Waals surface area contributed by atoms with Crippen LogP contribution in [-0.4, -0.2) is 26.1 Å². The van der Waals surface area contributed by atoms with Crippen molar-refractivity contribution in [3.8, 4) is 0 Å². The van der Waals surface area contributed by atoms with Crippen LogP contribution in [0.4, 0.5) is 0 Å². The number of nitrogens with zero attached hydrogens (tertiary/aromatic N) is 1. The largest absolute Gasteiger partial charge is 0.235 e. The van der Waals surface area contributed by atoms with E-state index < -0.39 is 20.0 Å². The maximum Gasteiger partial charge on any atom is 0.235 e. The van der Waals surface area contributed by atoms with Crippen molar-refractivity contribution in [1.29, 1.82) is 0 Å². The molecule has 0 fully saturated rings. The predicted molar refractivity (Wildman–Crippen MR) is 57.3 cm³/mol. The molecule has 76 valence electrons. The average molecular weight is 306 g/mol. The molecule has 0 N–H and O–H groups in total. The first-order chi connectivity index (χ1) is 5.80. The van der Waals surface area contributed by atoms with Gasteiger partial charge in [0.1, 0.15) is 10.9 Å². The second-order valence-corrected chi connectivity index (χ2v) is 6.02. The summed E-state index contributed by atoms with van der Waals surface area (Å²) in [4.78, 5) is 12.2. The Labute approximate surface area is 105 Å². The van der Waals surface area contributed by atoms with Crippen molar-refractivity contribution in [1.82, 2.24) is 0 Å². The van der Waals surface area contributed by atoms with Gasteiger partial charge in [-0.3, -0.25) is 0 Å².